The molecule has 1 saturated heterocycles. The van der Waals surface area contributed by atoms with Crippen LogP contribution in [0.1, 0.15) is 38.4 Å². The van der Waals surface area contributed by atoms with Crippen LogP contribution in [0.25, 0.3) is 20.9 Å². The summed E-state index contributed by atoms with van der Waals surface area (Å²) >= 11 is 1.16. The molecule has 2 bridgehead atoms. The molecule has 3 aromatic heterocycles. The summed E-state index contributed by atoms with van der Waals surface area (Å²) in [6, 6.07) is 2.31. The number of rotatable bonds is 6. The van der Waals surface area contributed by atoms with Crippen LogP contribution in [0.4, 0.5) is 18.9 Å². The van der Waals surface area contributed by atoms with Gasteiger partial charge >= 0.3 is 6.18 Å². The number of pyridine rings is 2. The molecule has 4 aliphatic rings. The van der Waals surface area contributed by atoms with Gasteiger partial charge in [0.25, 0.3) is 0 Å². The number of aromatic nitrogens is 3. The first-order valence-electron chi connectivity index (χ1n) is 12.9. The molecule has 0 aromatic carbocycles. The fourth-order valence-electron chi connectivity index (χ4n) is 6.80. The van der Waals surface area contributed by atoms with Gasteiger partial charge in [-0.1, -0.05) is 6.92 Å². The van der Waals surface area contributed by atoms with Gasteiger partial charge in [-0.2, -0.15) is 13.2 Å². The number of halogens is 3. The lowest BCUT2D eigenvalue weighted by Crippen LogP contribution is -2.85. The second-order valence-electron chi connectivity index (χ2n) is 10.6. The number of alkyl halides is 3. The third-order valence-corrected chi connectivity index (χ3v) is 9.43. The largest absolute Gasteiger partial charge is 0.481 e. The second kappa shape index (κ2) is 8.91. The van der Waals surface area contributed by atoms with Crippen molar-refractivity contribution in [1.29, 1.82) is 0 Å². The lowest BCUT2D eigenvalue weighted by Gasteiger charge is -2.76. The Kier molecular flexibility index (Phi) is 5.96. The fourth-order valence-corrected chi connectivity index (χ4v) is 7.79. The lowest BCUT2D eigenvalue weighted by atomic mass is 9.35. The summed E-state index contributed by atoms with van der Waals surface area (Å²) < 4.78 is 51.1. The minimum atomic E-state index is -4.48. The fraction of sp³-hybridized carbons (Fsp3) is 0.538. The molecule has 1 unspecified atom stereocenters. The average Bonchev–Trinajstić information content (AvgIpc) is 3.33. The zero-order valence-electron chi connectivity index (χ0n) is 21.8. The number of amides is 1. The molecule has 0 radical (unpaired) electrons. The van der Waals surface area contributed by atoms with Gasteiger partial charge in [-0.15, -0.1) is 11.3 Å². The molecule has 3 saturated carbocycles. The van der Waals surface area contributed by atoms with Crippen LogP contribution in [0.2, 0.25) is 0 Å². The topological polar surface area (TPSA) is 101 Å². The number of fused-ring (bicyclic) bond motifs is 1. The molecule has 1 amide bonds. The van der Waals surface area contributed by atoms with Crippen LogP contribution in [0.15, 0.2) is 23.1 Å². The SMILES string of the molecule is CCc1c(N2CCNCC2)c(=O)c2sc(-c3ccnc(OC)c3)nc2n1C1C2(NC(C)=O)CC1(C(F)(F)F)C2. The maximum Gasteiger partial charge on any atom is 0.396 e. The molecule has 1 aliphatic heterocycles. The summed E-state index contributed by atoms with van der Waals surface area (Å²) in [6.45, 7) is 5.62. The second-order valence-corrected chi connectivity index (χ2v) is 11.6. The van der Waals surface area contributed by atoms with Gasteiger partial charge in [-0.25, -0.2) is 9.97 Å². The molecular weight excluding hydrogens is 533 g/mol. The van der Waals surface area contributed by atoms with Gasteiger partial charge in [0.05, 0.1) is 24.1 Å². The smallest absolute Gasteiger partial charge is 0.396 e. The van der Waals surface area contributed by atoms with Gasteiger partial charge in [0.15, 0.2) is 5.65 Å². The van der Waals surface area contributed by atoms with E-state index < -0.39 is 23.2 Å². The molecule has 39 heavy (non-hydrogen) atoms. The van der Waals surface area contributed by atoms with E-state index in [1.165, 1.54) is 14.0 Å². The minimum Gasteiger partial charge on any atom is -0.481 e. The standard InChI is InChI=1S/C26H29F3N6O3S/c1-4-16-18(34-9-7-30-8-10-34)19(37)20-21(32-22(39-20)15-5-6-31-17(11-15)38-3)35(16)23-24(26(27,28)29)12-25(23,13-24)33-14(2)36/h5-6,11,23,30H,4,7-10,12-13H2,1-3H3,(H,33,36). The van der Waals surface area contributed by atoms with Crippen molar-refractivity contribution in [3.05, 3.63) is 34.2 Å². The van der Waals surface area contributed by atoms with E-state index in [-0.39, 0.29) is 29.8 Å². The number of carbonyl (C=O) groups is 1. The highest BCUT2D eigenvalue weighted by Gasteiger charge is 2.86. The number of thiazole rings is 1. The van der Waals surface area contributed by atoms with Crippen molar-refractivity contribution in [3.63, 3.8) is 0 Å². The summed E-state index contributed by atoms with van der Waals surface area (Å²) in [5.41, 5.74) is -1.45. The van der Waals surface area contributed by atoms with Gasteiger partial charge in [0.1, 0.15) is 15.4 Å². The van der Waals surface area contributed by atoms with Gasteiger partial charge in [0.2, 0.25) is 17.2 Å². The van der Waals surface area contributed by atoms with E-state index in [4.69, 9.17) is 9.72 Å². The first-order valence-corrected chi connectivity index (χ1v) is 13.8. The van der Waals surface area contributed by atoms with Crippen LogP contribution in [0.3, 0.4) is 0 Å². The van der Waals surface area contributed by atoms with Crippen molar-refractivity contribution in [2.45, 2.75) is 50.9 Å². The number of nitrogens with zero attached hydrogens (tertiary/aromatic N) is 4. The molecule has 13 heteroatoms. The van der Waals surface area contributed by atoms with Gasteiger partial charge in [-0.3, -0.25) is 9.59 Å². The van der Waals surface area contributed by atoms with Gasteiger partial charge in [0, 0.05) is 56.6 Å². The van der Waals surface area contributed by atoms with E-state index in [1.54, 1.807) is 22.9 Å². The summed E-state index contributed by atoms with van der Waals surface area (Å²) in [7, 11) is 1.49. The van der Waals surface area contributed by atoms with E-state index in [2.05, 4.69) is 15.6 Å². The number of ether oxygens (including phenoxy) is 1. The van der Waals surface area contributed by atoms with E-state index in [0.29, 0.717) is 65.1 Å². The molecule has 1 atom stereocenters. The molecule has 2 N–H and O–H groups in total. The number of hydrogen-bond acceptors (Lipinski definition) is 8. The van der Waals surface area contributed by atoms with Crippen molar-refractivity contribution in [2.24, 2.45) is 5.41 Å². The van der Waals surface area contributed by atoms with Crippen molar-refractivity contribution >= 4 is 33.3 Å². The van der Waals surface area contributed by atoms with E-state index in [0.717, 1.165) is 11.3 Å². The zero-order chi connectivity index (χ0) is 27.7. The number of carbonyl (C=O) groups excluding carboxylic acids is 1. The zero-order valence-corrected chi connectivity index (χ0v) is 22.6. The first-order chi connectivity index (χ1) is 18.5. The molecule has 4 heterocycles. The predicted molar refractivity (Wildman–Crippen MR) is 141 cm³/mol. The molecule has 3 aliphatic carbocycles. The highest BCUT2D eigenvalue weighted by Crippen LogP contribution is 2.79. The Morgan fingerprint density at radius 2 is 2.03 bits per heavy atom. The Morgan fingerprint density at radius 1 is 1.31 bits per heavy atom. The Hall–Kier alpha value is -3.19. The lowest BCUT2D eigenvalue weighted by molar-refractivity contribution is -0.367. The van der Waals surface area contributed by atoms with Crippen LogP contribution in [-0.4, -0.2) is 65.4 Å². The van der Waals surface area contributed by atoms with Crippen LogP contribution in [-0.2, 0) is 11.2 Å². The number of piperazine rings is 1. The van der Waals surface area contributed by atoms with Crippen molar-refractivity contribution in [2.75, 3.05) is 38.2 Å². The summed E-state index contributed by atoms with van der Waals surface area (Å²) in [5, 5.41) is 6.59. The number of nitrogens with one attached hydrogen (secondary N) is 2. The Bertz CT molecular complexity index is 1520. The molecule has 9 nitrogen and oxygen atoms in total. The summed E-state index contributed by atoms with van der Waals surface area (Å²) in [5.74, 6) is -0.0189. The Morgan fingerprint density at radius 3 is 2.64 bits per heavy atom. The predicted octanol–water partition coefficient (Wildman–Crippen LogP) is 3.27. The maximum atomic E-state index is 14.6. The van der Waals surface area contributed by atoms with Crippen molar-refractivity contribution in [1.82, 2.24) is 25.2 Å². The molecule has 208 valence electrons. The number of methoxy groups -OCH3 is 1. The molecule has 7 rings (SSSR count). The Labute approximate surface area is 226 Å². The van der Waals surface area contributed by atoms with Crippen molar-refractivity contribution in [3.8, 4) is 16.5 Å². The molecule has 0 spiro atoms. The maximum absolute atomic E-state index is 14.6. The monoisotopic (exact) mass is 562 g/mol. The highest BCUT2D eigenvalue weighted by molar-refractivity contribution is 7.21. The third kappa shape index (κ3) is 3.69. The molecule has 4 fully saturated rings. The van der Waals surface area contributed by atoms with Crippen LogP contribution in [0, 0.1) is 5.41 Å². The molecule has 3 aromatic rings. The van der Waals surface area contributed by atoms with Gasteiger partial charge in [-0.05, 0) is 25.3 Å². The first kappa shape index (κ1) is 26.1. The van der Waals surface area contributed by atoms with E-state index >= 15 is 0 Å². The summed E-state index contributed by atoms with van der Waals surface area (Å²) in [6.07, 6.45) is -2.97. The third-order valence-electron chi connectivity index (χ3n) is 8.34. The van der Waals surface area contributed by atoms with Crippen LogP contribution >= 0.6 is 11.3 Å². The Balaban J connectivity index is 1.64. The van der Waals surface area contributed by atoms with Crippen LogP contribution in [0.5, 0.6) is 5.88 Å². The normalized spacial score (nSPS) is 26.2. The van der Waals surface area contributed by atoms with E-state index in [1.807, 2.05) is 11.8 Å². The minimum absolute atomic E-state index is 0.188. The highest BCUT2D eigenvalue weighted by atomic mass is 32.1. The van der Waals surface area contributed by atoms with Crippen LogP contribution < -0.4 is 25.7 Å². The summed E-state index contributed by atoms with van der Waals surface area (Å²) in [4.78, 5) is 37.1. The number of hydrogen-bond donors (Lipinski definition) is 2. The van der Waals surface area contributed by atoms with E-state index in [9.17, 15) is 22.8 Å². The van der Waals surface area contributed by atoms with Crippen molar-refractivity contribution < 1.29 is 22.7 Å². The quantitative estimate of drug-likeness (QED) is 0.476. The average molecular weight is 563 g/mol. The molecular formula is C26H29F3N6O3S. The van der Waals surface area contributed by atoms with Gasteiger partial charge < -0.3 is 24.8 Å². The number of anilines is 1.